The number of primary amides is 1. The summed E-state index contributed by atoms with van der Waals surface area (Å²) in [4.78, 5) is 14.7. The first-order chi connectivity index (χ1) is 10.4. The molecule has 0 saturated heterocycles. The summed E-state index contributed by atoms with van der Waals surface area (Å²) in [6, 6.07) is 13.3. The summed E-state index contributed by atoms with van der Waals surface area (Å²) in [7, 11) is -3.85. The number of rotatable bonds is 3. The van der Waals surface area contributed by atoms with Crippen molar-refractivity contribution >= 4 is 26.6 Å². The lowest BCUT2D eigenvalue weighted by Crippen LogP contribution is -2.15. The van der Waals surface area contributed by atoms with E-state index in [1.807, 2.05) is 6.92 Å². The molecule has 0 radical (unpaired) electrons. The van der Waals surface area contributed by atoms with Crippen LogP contribution >= 0.6 is 0 Å². The Hall–Kier alpha value is -2.60. The number of H-pyrrole nitrogens is 1. The van der Waals surface area contributed by atoms with Crippen LogP contribution in [0.25, 0.3) is 10.9 Å². The summed E-state index contributed by atoms with van der Waals surface area (Å²) in [6.07, 6.45) is 0. The third-order valence-electron chi connectivity index (χ3n) is 3.52. The number of hydrogen-bond donors (Lipinski definition) is 2. The van der Waals surface area contributed by atoms with Gasteiger partial charge in [-0.2, -0.15) is 0 Å². The molecule has 0 bridgehead atoms. The van der Waals surface area contributed by atoms with E-state index in [9.17, 15) is 13.2 Å². The molecular weight excluding hydrogens is 300 g/mol. The van der Waals surface area contributed by atoms with Gasteiger partial charge in [-0.15, -0.1) is 0 Å². The van der Waals surface area contributed by atoms with Crippen molar-refractivity contribution in [1.82, 2.24) is 4.98 Å². The van der Waals surface area contributed by atoms with Gasteiger partial charge < -0.3 is 10.7 Å². The van der Waals surface area contributed by atoms with Crippen molar-refractivity contribution in [3.05, 3.63) is 59.7 Å². The standard InChI is InChI=1S/C16H14N2O3S/c1-10-6-8-11(9-7-10)22(20,21)16-14(15(17)19)12-4-2-3-5-13(12)18-16/h2-9,18H,1H3,(H2,17,19). The maximum absolute atomic E-state index is 12.8. The Morgan fingerprint density at radius 1 is 1.05 bits per heavy atom. The molecule has 1 heterocycles. The zero-order valence-corrected chi connectivity index (χ0v) is 12.6. The fraction of sp³-hybridized carbons (Fsp3) is 0.0625. The predicted octanol–water partition coefficient (Wildman–Crippen LogP) is 2.41. The topological polar surface area (TPSA) is 93.0 Å². The largest absolute Gasteiger partial charge is 0.365 e. The third kappa shape index (κ3) is 2.17. The van der Waals surface area contributed by atoms with Crippen molar-refractivity contribution in [2.75, 3.05) is 0 Å². The van der Waals surface area contributed by atoms with E-state index in [0.29, 0.717) is 10.9 Å². The Labute approximate surface area is 127 Å². The maximum atomic E-state index is 12.8. The molecule has 0 saturated carbocycles. The zero-order chi connectivity index (χ0) is 15.9. The van der Waals surface area contributed by atoms with Crippen LogP contribution < -0.4 is 5.73 Å². The molecule has 0 unspecified atom stereocenters. The lowest BCUT2D eigenvalue weighted by Gasteiger charge is -2.05. The van der Waals surface area contributed by atoms with Crippen molar-refractivity contribution in [2.45, 2.75) is 16.8 Å². The third-order valence-corrected chi connectivity index (χ3v) is 5.25. The van der Waals surface area contributed by atoms with Crippen molar-refractivity contribution in [3.63, 3.8) is 0 Å². The number of fused-ring (bicyclic) bond motifs is 1. The minimum Gasteiger partial charge on any atom is -0.365 e. The number of aryl methyl sites for hydroxylation is 1. The Morgan fingerprint density at radius 3 is 2.32 bits per heavy atom. The molecule has 0 spiro atoms. The van der Waals surface area contributed by atoms with Crippen LogP contribution in [0.2, 0.25) is 0 Å². The summed E-state index contributed by atoms with van der Waals surface area (Å²) in [5.41, 5.74) is 6.90. The molecule has 0 fully saturated rings. The van der Waals surface area contributed by atoms with Gasteiger partial charge in [0.25, 0.3) is 5.91 Å². The van der Waals surface area contributed by atoms with E-state index >= 15 is 0 Å². The first kappa shape index (κ1) is 14.3. The number of carbonyl (C=O) groups is 1. The van der Waals surface area contributed by atoms with Gasteiger partial charge in [0.1, 0.15) is 0 Å². The Balaban J connectivity index is 2.31. The molecule has 1 amide bonds. The smallest absolute Gasteiger partial charge is 0.252 e. The normalized spacial score (nSPS) is 11.7. The maximum Gasteiger partial charge on any atom is 0.252 e. The van der Waals surface area contributed by atoms with Gasteiger partial charge in [0.15, 0.2) is 5.03 Å². The fourth-order valence-corrected chi connectivity index (χ4v) is 3.85. The molecule has 0 aliphatic heterocycles. The Bertz CT molecular complexity index is 970. The molecule has 1 aromatic heterocycles. The van der Waals surface area contributed by atoms with Gasteiger partial charge >= 0.3 is 0 Å². The second-order valence-corrected chi connectivity index (χ2v) is 6.94. The molecule has 3 rings (SSSR count). The van der Waals surface area contributed by atoms with Gasteiger partial charge in [-0.3, -0.25) is 4.79 Å². The molecule has 0 aliphatic carbocycles. The quantitative estimate of drug-likeness (QED) is 0.777. The van der Waals surface area contributed by atoms with Crippen molar-refractivity contribution in [2.24, 2.45) is 5.73 Å². The molecule has 5 nitrogen and oxygen atoms in total. The van der Waals surface area contributed by atoms with Crippen LogP contribution in [0.4, 0.5) is 0 Å². The van der Waals surface area contributed by atoms with E-state index in [-0.39, 0.29) is 15.5 Å². The van der Waals surface area contributed by atoms with E-state index in [2.05, 4.69) is 4.98 Å². The first-order valence-corrected chi connectivity index (χ1v) is 8.12. The molecule has 2 aromatic carbocycles. The number of sulfone groups is 1. The van der Waals surface area contributed by atoms with E-state index < -0.39 is 15.7 Å². The number of aromatic amines is 1. The van der Waals surface area contributed by atoms with Crippen LogP contribution in [-0.2, 0) is 9.84 Å². The molecule has 6 heteroatoms. The average Bonchev–Trinajstić information content (AvgIpc) is 2.88. The second kappa shape index (κ2) is 4.99. The number of hydrogen-bond acceptors (Lipinski definition) is 3. The lowest BCUT2D eigenvalue weighted by atomic mass is 10.2. The van der Waals surface area contributed by atoms with Gasteiger partial charge in [0.05, 0.1) is 10.5 Å². The van der Waals surface area contributed by atoms with Crippen molar-refractivity contribution in [1.29, 1.82) is 0 Å². The van der Waals surface area contributed by atoms with Crippen LogP contribution in [0, 0.1) is 6.92 Å². The number of amides is 1. The summed E-state index contributed by atoms with van der Waals surface area (Å²) in [5, 5.41) is 0.339. The van der Waals surface area contributed by atoms with Gasteiger partial charge in [0, 0.05) is 10.9 Å². The molecule has 3 N–H and O–H groups in total. The number of nitrogens with one attached hydrogen (secondary N) is 1. The SMILES string of the molecule is Cc1ccc(S(=O)(=O)c2[nH]c3ccccc3c2C(N)=O)cc1. The average molecular weight is 314 g/mol. The van der Waals surface area contributed by atoms with Crippen LogP contribution in [0.5, 0.6) is 0 Å². The molecule has 112 valence electrons. The minimum atomic E-state index is -3.85. The van der Waals surface area contributed by atoms with Crippen molar-refractivity contribution in [3.8, 4) is 0 Å². The number of nitrogens with two attached hydrogens (primary N) is 1. The monoisotopic (exact) mass is 314 g/mol. The van der Waals surface area contributed by atoms with E-state index in [1.54, 1.807) is 36.4 Å². The fourth-order valence-electron chi connectivity index (χ4n) is 2.40. The highest BCUT2D eigenvalue weighted by molar-refractivity contribution is 7.91. The summed E-state index contributed by atoms with van der Waals surface area (Å²) < 4.78 is 25.6. The first-order valence-electron chi connectivity index (χ1n) is 6.63. The van der Waals surface area contributed by atoms with Crippen LogP contribution in [-0.4, -0.2) is 19.3 Å². The summed E-state index contributed by atoms with van der Waals surface area (Å²) >= 11 is 0. The second-order valence-electron chi connectivity index (χ2n) is 5.06. The Kier molecular flexibility index (Phi) is 3.26. The van der Waals surface area contributed by atoms with E-state index in [0.717, 1.165) is 5.56 Å². The lowest BCUT2D eigenvalue weighted by molar-refractivity contribution is 0.0998. The van der Waals surface area contributed by atoms with Crippen LogP contribution in [0.3, 0.4) is 0 Å². The van der Waals surface area contributed by atoms with Gasteiger partial charge in [-0.1, -0.05) is 35.9 Å². The van der Waals surface area contributed by atoms with Gasteiger partial charge in [-0.05, 0) is 25.1 Å². The number of benzene rings is 2. The highest BCUT2D eigenvalue weighted by atomic mass is 32.2. The van der Waals surface area contributed by atoms with Crippen LogP contribution in [0.15, 0.2) is 58.5 Å². The molecule has 3 aromatic rings. The number of aromatic nitrogens is 1. The molecule has 0 aliphatic rings. The predicted molar refractivity (Wildman–Crippen MR) is 83.4 cm³/mol. The van der Waals surface area contributed by atoms with Crippen LogP contribution in [0.1, 0.15) is 15.9 Å². The van der Waals surface area contributed by atoms with Gasteiger partial charge in [-0.25, -0.2) is 8.42 Å². The number of carbonyl (C=O) groups excluding carboxylic acids is 1. The number of para-hydroxylation sites is 1. The van der Waals surface area contributed by atoms with E-state index in [4.69, 9.17) is 5.73 Å². The zero-order valence-electron chi connectivity index (χ0n) is 11.8. The highest BCUT2D eigenvalue weighted by Gasteiger charge is 2.27. The minimum absolute atomic E-state index is 0.00354. The van der Waals surface area contributed by atoms with Gasteiger partial charge in [0.2, 0.25) is 9.84 Å². The molecular formula is C16H14N2O3S. The highest BCUT2D eigenvalue weighted by Crippen LogP contribution is 2.29. The van der Waals surface area contributed by atoms with E-state index in [1.165, 1.54) is 12.1 Å². The summed E-state index contributed by atoms with van der Waals surface area (Å²) in [5.74, 6) is -0.775. The molecule has 0 atom stereocenters. The Morgan fingerprint density at radius 2 is 1.68 bits per heavy atom. The van der Waals surface area contributed by atoms with Crippen molar-refractivity contribution < 1.29 is 13.2 Å². The summed E-state index contributed by atoms with van der Waals surface area (Å²) in [6.45, 7) is 1.87. The molecule has 22 heavy (non-hydrogen) atoms.